The Morgan fingerprint density at radius 2 is 1.94 bits per heavy atom. The first-order valence-corrected chi connectivity index (χ1v) is 7.35. The van der Waals surface area contributed by atoms with Gasteiger partial charge in [-0.15, -0.1) is 0 Å². The summed E-state index contributed by atoms with van der Waals surface area (Å²) in [6.45, 7) is 3.62. The van der Waals surface area contributed by atoms with Gasteiger partial charge in [-0.25, -0.2) is 0 Å². The van der Waals surface area contributed by atoms with Crippen LogP contribution in [-0.4, -0.2) is 19.3 Å². The van der Waals surface area contributed by atoms with Crippen LogP contribution in [0.1, 0.15) is 30.0 Å². The summed E-state index contributed by atoms with van der Waals surface area (Å²) in [5.41, 5.74) is 9.81. The molecule has 98 valence electrons. The first-order valence-electron chi connectivity index (χ1n) is 6.55. The normalized spacial score (nSPS) is 18.6. The van der Waals surface area contributed by atoms with Crippen LogP contribution in [0, 0.1) is 0 Å². The van der Waals surface area contributed by atoms with Gasteiger partial charge >= 0.3 is 0 Å². The van der Waals surface area contributed by atoms with Crippen LogP contribution in [0.2, 0.25) is 0 Å². The number of hydrogen-bond donors (Lipinski definition) is 1. The highest BCUT2D eigenvalue weighted by molar-refractivity contribution is 9.10. The highest BCUT2D eigenvalue weighted by Gasteiger charge is 2.29. The van der Waals surface area contributed by atoms with E-state index < -0.39 is 0 Å². The van der Waals surface area contributed by atoms with E-state index >= 15 is 0 Å². The van der Waals surface area contributed by atoms with E-state index in [2.05, 4.69) is 15.9 Å². The molecule has 0 radical (unpaired) electrons. The van der Waals surface area contributed by atoms with E-state index in [1.54, 1.807) is 0 Å². The molecule has 1 unspecified atom stereocenters. The van der Waals surface area contributed by atoms with Gasteiger partial charge in [-0.3, -0.25) is 0 Å². The predicted molar refractivity (Wildman–Crippen MR) is 74.5 cm³/mol. The SMILES string of the molecule is CC(N)Cc1c2c(c(Br)c3c1OCCC3)OCC2. The number of fused-ring (bicyclic) bond motifs is 2. The maximum atomic E-state index is 5.98. The number of nitrogens with two attached hydrogens (primary N) is 1. The lowest BCUT2D eigenvalue weighted by atomic mass is 9.92. The van der Waals surface area contributed by atoms with E-state index in [0.717, 1.165) is 54.9 Å². The first kappa shape index (κ1) is 12.3. The topological polar surface area (TPSA) is 44.5 Å². The van der Waals surface area contributed by atoms with Gasteiger partial charge in [-0.1, -0.05) is 0 Å². The molecule has 0 fully saturated rings. The number of ether oxygens (including phenoxy) is 2. The molecular formula is C14H18BrNO2. The average molecular weight is 312 g/mol. The van der Waals surface area contributed by atoms with Gasteiger partial charge in [0.15, 0.2) is 0 Å². The van der Waals surface area contributed by atoms with Gasteiger partial charge in [-0.2, -0.15) is 0 Å². The Labute approximate surface area is 116 Å². The van der Waals surface area contributed by atoms with Crippen molar-refractivity contribution in [2.45, 2.75) is 38.6 Å². The van der Waals surface area contributed by atoms with E-state index in [9.17, 15) is 0 Å². The summed E-state index contributed by atoms with van der Waals surface area (Å²) in [4.78, 5) is 0. The zero-order valence-electron chi connectivity index (χ0n) is 10.6. The minimum absolute atomic E-state index is 0.144. The monoisotopic (exact) mass is 311 g/mol. The van der Waals surface area contributed by atoms with Gasteiger partial charge in [0.2, 0.25) is 0 Å². The third-order valence-corrected chi connectivity index (χ3v) is 4.43. The van der Waals surface area contributed by atoms with Crippen molar-refractivity contribution in [3.63, 3.8) is 0 Å². The lowest BCUT2D eigenvalue weighted by Crippen LogP contribution is -2.21. The van der Waals surface area contributed by atoms with Gasteiger partial charge in [0.25, 0.3) is 0 Å². The second-order valence-corrected chi connectivity index (χ2v) is 5.93. The fourth-order valence-electron chi connectivity index (χ4n) is 2.85. The molecular weight excluding hydrogens is 294 g/mol. The maximum absolute atomic E-state index is 5.98. The van der Waals surface area contributed by atoms with Crippen molar-refractivity contribution < 1.29 is 9.47 Å². The van der Waals surface area contributed by atoms with E-state index in [1.807, 2.05) is 6.92 Å². The van der Waals surface area contributed by atoms with Gasteiger partial charge < -0.3 is 15.2 Å². The van der Waals surface area contributed by atoms with Crippen molar-refractivity contribution in [1.29, 1.82) is 0 Å². The summed E-state index contributed by atoms with van der Waals surface area (Å²) in [5.74, 6) is 2.09. The second kappa shape index (κ2) is 4.74. The Morgan fingerprint density at radius 1 is 1.17 bits per heavy atom. The van der Waals surface area contributed by atoms with Crippen LogP contribution in [-0.2, 0) is 19.3 Å². The minimum atomic E-state index is 0.144. The second-order valence-electron chi connectivity index (χ2n) is 5.14. The van der Waals surface area contributed by atoms with E-state index in [-0.39, 0.29) is 6.04 Å². The van der Waals surface area contributed by atoms with Crippen molar-refractivity contribution in [2.75, 3.05) is 13.2 Å². The number of halogens is 1. The Balaban J connectivity index is 2.18. The molecule has 1 atom stereocenters. The summed E-state index contributed by atoms with van der Waals surface area (Å²) in [6, 6.07) is 0.144. The van der Waals surface area contributed by atoms with Crippen LogP contribution in [0.5, 0.6) is 11.5 Å². The molecule has 0 saturated carbocycles. The molecule has 2 aliphatic rings. The zero-order valence-corrected chi connectivity index (χ0v) is 12.2. The first-order chi connectivity index (χ1) is 8.68. The summed E-state index contributed by atoms with van der Waals surface area (Å²) in [6.07, 6.45) is 3.95. The third kappa shape index (κ3) is 1.91. The van der Waals surface area contributed by atoms with Gasteiger partial charge in [0.05, 0.1) is 17.7 Å². The van der Waals surface area contributed by atoms with Crippen LogP contribution in [0.4, 0.5) is 0 Å². The molecule has 2 heterocycles. The van der Waals surface area contributed by atoms with Crippen molar-refractivity contribution >= 4 is 15.9 Å². The average Bonchev–Trinajstić information content (AvgIpc) is 2.83. The molecule has 0 bridgehead atoms. The summed E-state index contributed by atoms with van der Waals surface area (Å²) >= 11 is 3.68. The zero-order chi connectivity index (χ0) is 12.7. The lowest BCUT2D eigenvalue weighted by Gasteiger charge is -2.25. The molecule has 3 nitrogen and oxygen atoms in total. The molecule has 0 aliphatic carbocycles. The van der Waals surface area contributed by atoms with Gasteiger partial charge in [0, 0.05) is 29.2 Å². The molecule has 3 rings (SSSR count). The lowest BCUT2D eigenvalue weighted by molar-refractivity contribution is 0.283. The quantitative estimate of drug-likeness (QED) is 0.913. The van der Waals surface area contributed by atoms with Crippen LogP contribution in [0.25, 0.3) is 0 Å². The predicted octanol–water partition coefficient (Wildman–Crippen LogP) is 2.60. The summed E-state index contributed by atoms with van der Waals surface area (Å²) in [7, 11) is 0. The number of hydrogen-bond acceptors (Lipinski definition) is 3. The Bertz CT molecular complexity index is 485. The fraction of sp³-hybridized carbons (Fsp3) is 0.571. The van der Waals surface area contributed by atoms with Gasteiger partial charge in [-0.05, 0) is 42.1 Å². The molecule has 2 aliphatic heterocycles. The molecule has 0 amide bonds. The maximum Gasteiger partial charge on any atom is 0.137 e. The molecule has 0 aromatic heterocycles. The van der Waals surface area contributed by atoms with E-state index in [4.69, 9.17) is 15.2 Å². The van der Waals surface area contributed by atoms with Crippen LogP contribution in [0.15, 0.2) is 4.47 Å². The highest BCUT2D eigenvalue weighted by Crippen LogP contribution is 2.46. The van der Waals surface area contributed by atoms with Crippen molar-refractivity contribution in [3.05, 3.63) is 21.2 Å². The molecule has 18 heavy (non-hydrogen) atoms. The molecule has 1 aromatic carbocycles. The molecule has 0 spiro atoms. The standard InChI is InChI=1S/C14H18BrNO2/c1-8(16)7-11-9-4-6-18-14(9)12(15)10-3-2-5-17-13(10)11/h8H,2-7,16H2,1H3. The molecule has 0 saturated heterocycles. The van der Waals surface area contributed by atoms with E-state index in [1.165, 1.54) is 16.7 Å². The van der Waals surface area contributed by atoms with Gasteiger partial charge in [0.1, 0.15) is 11.5 Å². The fourth-order valence-corrected chi connectivity index (χ4v) is 3.59. The summed E-state index contributed by atoms with van der Waals surface area (Å²) in [5, 5.41) is 0. The Morgan fingerprint density at radius 3 is 2.72 bits per heavy atom. The molecule has 4 heteroatoms. The summed E-state index contributed by atoms with van der Waals surface area (Å²) < 4.78 is 12.8. The highest BCUT2D eigenvalue weighted by atomic mass is 79.9. The molecule has 2 N–H and O–H groups in total. The van der Waals surface area contributed by atoms with E-state index in [0.29, 0.717) is 0 Å². The minimum Gasteiger partial charge on any atom is -0.493 e. The van der Waals surface area contributed by atoms with Crippen molar-refractivity contribution in [1.82, 2.24) is 0 Å². The Kier molecular flexibility index (Phi) is 3.24. The largest absolute Gasteiger partial charge is 0.493 e. The number of benzene rings is 1. The van der Waals surface area contributed by atoms with Crippen molar-refractivity contribution in [3.8, 4) is 11.5 Å². The molecule has 1 aromatic rings. The third-order valence-electron chi connectivity index (χ3n) is 3.59. The Hall–Kier alpha value is -0.740. The number of rotatable bonds is 2. The van der Waals surface area contributed by atoms with Crippen LogP contribution >= 0.6 is 15.9 Å². The smallest absolute Gasteiger partial charge is 0.137 e. The van der Waals surface area contributed by atoms with Crippen LogP contribution < -0.4 is 15.2 Å². The van der Waals surface area contributed by atoms with Crippen molar-refractivity contribution in [2.24, 2.45) is 5.73 Å². The van der Waals surface area contributed by atoms with Crippen LogP contribution in [0.3, 0.4) is 0 Å².